The van der Waals surface area contributed by atoms with Crippen molar-refractivity contribution in [3.63, 3.8) is 0 Å². The molecular formula is C11H20O6S2. The highest BCUT2D eigenvalue weighted by atomic mass is 32.2. The van der Waals surface area contributed by atoms with Crippen LogP contribution in [0.15, 0.2) is 0 Å². The van der Waals surface area contributed by atoms with Gasteiger partial charge in [0.05, 0.1) is 23.7 Å². The van der Waals surface area contributed by atoms with E-state index in [0.29, 0.717) is 19.3 Å². The van der Waals surface area contributed by atoms with Crippen LogP contribution in [0.4, 0.5) is 0 Å². The van der Waals surface area contributed by atoms with Crippen molar-refractivity contribution in [2.75, 3.05) is 23.0 Å². The van der Waals surface area contributed by atoms with Gasteiger partial charge in [-0.1, -0.05) is 6.92 Å². The molecule has 0 saturated heterocycles. The van der Waals surface area contributed by atoms with Gasteiger partial charge < -0.3 is 5.11 Å². The molecule has 1 fully saturated rings. The molecule has 0 aromatic rings. The number of hydrogen-bond donors (Lipinski definition) is 1. The average molecular weight is 312 g/mol. The van der Waals surface area contributed by atoms with Crippen LogP contribution in [0.1, 0.15) is 32.6 Å². The molecule has 8 heteroatoms. The third kappa shape index (κ3) is 5.90. The third-order valence-electron chi connectivity index (χ3n) is 3.23. The molecule has 1 rings (SSSR count). The zero-order valence-corrected chi connectivity index (χ0v) is 12.6. The molecule has 0 heterocycles. The van der Waals surface area contributed by atoms with Gasteiger partial charge >= 0.3 is 5.97 Å². The van der Waals surface area contributed by atoms with Crippen LogP contribution in [-0.4, -0.2) is 50.9 Å². The van der Waals surface area contributed by atoms with Crippen molar-refractivity contribution in [2.45, 2.75) is 32.6 Å². The van der Waals surface area contributed by atoms with Crippen molar-refractivity contribution in [1.29, 1.82) is 0 Å². The van der Waals surface area contributed by atoms with Gasteiger partial charge in [0.2, 0.25) is 0 Å². The smallest absolute Gasteiger partial charge is 0.303 e. The van der Waals surface area contributed by atoms with E-state index in [4.69, 9.17) is 5.11 Å². The third-order valence-corrected chi connectivity index (χ3v) is 7.22. The van der Waals surface area contributed by atoms with Crippen LogP contribution in [0.3, 0.4) is 0 Å². The van der Waals surface area contributed by atoms with Crippen LogP contribution >= 0.6 is 0 Å². The number of rotatable bonds is 9. The fourth-order valence-electron chi connectivity index (χ4n) is 2.08. The SMILES string of the molecule is CCCS(=O)(=O)CCS(=O)(=O)CC1(CC(=O)O)CC1. The van der Waals surface area contributed by atoms with Crippen LogP contribution < -0.4 is 0 Å². The van der Waals surface area contributed by atoms with Gasteiger partial charge in [-0.25, -0.2) is 16.8 Å². The van der Waals surface area contributed by atoms with Gasteiger partial charge in [0.25, 0.3) is 0 Å². The highest BCUT2D eigenvalue weighted by Crippen LogP contribution is 2.49. The second-order valence-corrected chi connectivity index (χ2v) is 9.80. The zero-order valence-electron chi connectivity index (χ0n) is 11.0. The lowest BCUT2D eigenvalue weighted by Gasteiger charge is -2.12. The first-order valence-corrected chi connectivity index (χ1v) is 9.87. The molecule has 0 aromatic carbocycles. The van der Waals surface area contributed by atoms with E-state index in [-0.39, 0.29) is 23.7 Å². The quantitative estimate of drug-likeness (QED) is 0.664. The Kier molecular flexibility index (Phi) is 5.00. The summed E-state index contributed by atoms with van der Waals surface area (Å²) in [6.07, 6.45) is 1.47. The molecule has 1 N–H and O–H groups in total. The van der Waals surface area contributed by atoms with E-state index < -0.39 is 36.8 Å². The summed E-state index contributed by atoms with van der Waals surface area (Å²) in [4.78, 5) is 10.7. The summed E-state index contributed by atoms with van der Waals surface area (Å²) < 4.78 is 46.7. The molecule has 0 bridgehead atoms. The summed E-state index contributed by atoms with van der Waals surface area (Å²) in [5.41, 5.74) is -0.654. The van der Waals surface area contributed by atoms with E-state index in [2.05, 4.69) is 0 Å². The first-order chi connectivity index (χ1) is 8.60. The van der Waals surface area contributed by atoms with Crippen molar-refractivity contribution in [3.05, 3.63) is 0 Å². The number of aliphatic carboxylic acids is 1. The van der Waals surface area contributed by atoms with Gasteiger partial charge in [-0.2, -0.15) is 0 Å². The first kappa shape index (κ1) is 16.4. The van der Waals surface area contributed by atoms with Crippen molar-refractivity contribution < 1.29 is 26.7 Å². The second-order valence-electron chi connectivity index (χ2n) is 5.31. The Morgan fingerprint density at radius 1 is 1.05 bits per heavy atom. The Bertz CT molecular complexity index is 528. The van der Waals surface area contributed by atoms with Crippen molar-refractivity contribution in [1.82, 2.24) is 0 Å². The summed E-state index contributed by atoms with van der Waals surface area (Å²) in [5, 5.41) is 8.72. The van der Waals surface area contributed by atoms with Crippen molar-refractivity contribution >= 4 is 25.6 Å². The molecule has 0 aromatic heterocycles. The lowest BCUT2D eigenvalue weighted by Crippen LogP contribution is -2.26. The predicted molar refractivity (Wildman–Crippen MR) is 71.5 cm³/mol. The zero-order chi connectivity index (χ0) is 14.7. The van der Waals surface area contributed by atoms with E-state index >= 15 is 0 Å². The normalized spacial score (nSPS) is 18.2. The molecule has 0 unspecified atom stereocenters. The van der Waals surface area contributed by atoms with Crippen LogP contribution in [0, 0.1) is 5.41 Å². The Hall–Kier alpha value is -0.630. The topological polar surface area (TPSA) is 106 Å². The van der Waals surface area contributed by atoms with Gasteiger partial charge in [-0.05, 0) is 24.7 Å². The largest absolute Gasteiger partial charge is 0.481 e. The molecule has 19 heavy (non-hydrogen) atoms. The number of carbonyl (C=O) groups is 1. The highest BCUT2D eigenvalue weighted by molar-refractivity contribution is 7.95. The Morgan fingerprint density at radius 2 is 1.58 bits per heavy atom. The van der Waals surface area contributed by atoms with E-state index in [1.807, 2.05) is 0 Å². The fraction of sp³-hybridized carbons (Fsp3) is 0.909. The van der Waals surface area contributed by atoms with E-state index in [9.17, 15) is 21.6 Å². The molecule has 0 spiro atoms. The van der Waals surface area contributed by atoms with Gasteiger partial charge in [0.15, 0.2) is 19.7 Å². The summed E-state index contributed by atoms with van der Waals surface area (Å²) in [5.74, 6) is -2.01. The minimum Gasteiger partial charge on any atom is -0.481 e. The van der Waals surface area contributed by atoms with E-state index in [1.54, 1.807) is 6.92 Å². The minimum absolute atomic E-state index is 0.0111. The second kappa shape index (κ2) is 5.78. The van der Waals surface area contributed by atoms with Crippen LogP contribution in [0.5, 0.6) is 0 Å². The first-order valence-electron chi connectivity index (χ1n) is 6.22. The maximum atomic E-state index is 11.9. The van der Waals surface area contributed by atoms with Crippen LogP contribution in [-0.2, 0) is 24.5 Å². The molecule has 0 amide bonds. The minimum atomic E-state index is -3.52. The van der Waals surface area contributed by atoms with Crippen molar-refractivity contribution in [3.8, 4) is 0 Å². The molecule has 0 atom stereocenters. The maximum Gasteiger partial charge on any atom is 0.303 e. The average Bonchev–Trinajstić information content (AvgIpc) is 2.93. The highest BCUT2D eigenvalue weighted by Gasteiger charge is 2.47. The molecule has 1 aliphatic rings. The van der Waals surface area contributed by atoms with Gasteiger partial charge in [0.1, 0.15) is 0 Å². The molecule has 112 valence electrons. The van der Waals surface area contributed by atoms with E-state index in [0.717, 1.165) is 0 Å². The molecule has 0 aliphatic heterocycles. The molecular weight excluding hydrogens is 292 g/mol. The van der Waals surface area contributed by atoms with Crippen LogP contribution in [0.25, 0.3) is 0 Å². The molecule has 6 nitrogen and oxygen atoms in total. The fourth-order valence-corrected chi connectivity index (χ4v) is 6.40. The number of hydrogen-bond acceptors (Lipinski definition) is 5. The number of carboxylic acid groups (broad SMARTS) is 1. The Morgan fingerprint density at radius 3 is 2.00 bits per heavy atom. The monoisotopic (exact) mass is 312 g/mol. The number of carboxylic acids is 1. The Balaban J connectivity index is 2.56. The molecule has 0 radical (unpaired) electrons. The van der Waals surface area contributed by atoms with Gasteiger partial charge in [-0.15, -0.1) is 0 Å². The van der Waals surface area contributed by atoms with Crippen molar-refractivity contribution in [2.24, 2.45) is 5.41 Å². The number of sulfone groups is 2. The van der Waals surface area contributed by atoms with E-state index in [1.165, 1.54) is 0 Å². The lowest BCUT2D eigenvalue weighted by atomic mass is 10.1. The standard InChI is InChI=1S/C11H20O6S2/c1-2-5-18(14,15)6-7-19(16,17)9-11(3-4-11)8-10(12)13/h2-9H2,1H3,(H,12,13). The Labute approximate surface area is 114 Å². The van der Waals surface area contributed by atoms with Gasteiger partial charge in [0, 0.05) is 5.75 Å². The predicted octanol–water partition coefficient (Wildman–Crippen LogP) is 0.481. The van der Waals surface area contributed by atoms with Crippen LogP contribution in [0.2, 0.25) is 0 Å². The lowest BCUT2D eigenvalue weighted by molar-refractivity contribution is -0.138. The molecule has 1 saturated carbocycles. The maximum absolute atomic E-state index is 11.9. The summed E-state index contributed by atoms with van der Waals surface area (Å²) in [6.45, 7) is 1.72. The summed E-state index contributed by atoms with van der Waals surface area (Å²) in [7, 11) is -6.83. The summed E-state index contributed by atoms with van der Waals surface area (Å²) >= 11 is 0. The summed E-state index contributed by atoms with van der Waals surface area (Å²) in [6, 6.07) is 0. The van der Waals surface area contributed by atoms with Gasteiger partial charge in [-0.3, -0.25) is 4.79 Å². The molecule has 1 aliphatic carbocycles.